The van der Waals surface area contributed by atoms with Crippen LogP contribution < -0.4 is 5.56 Å². The van der Waals surface area contributed by atoms with Gasteiger partial charge in [-0.05, 0) is 36.1 Å². The van der Waals surface area contributed by atoms with Gasteiger partial charge in [-0.1, -0.05) is 18.2 Å². The highest BCUT2D eigenvalue weighted by Crippen LogP contribution is 2.25. The minimum Gasteiger partial charge on any atom is -0.481 e. The molecule has 0 amide bonds. The molecule has 0 atom stereocenters. The molecule has 3 aromatic heterocycles. The van der Waals surface area contributed by atoms with Crippen molar-refractivity contribution in [2.75, 3.05) is 0 Å². The van der Waals surface area contributed by atoms with Gasteiger partial charge in [0, 0.05) is 30.7 Å². The minimum atomic E-state index is -0.842. The first-order valence-corrected chi connectivity index (χ1v) is 8.32. The van der Waals surface area contributed by atoms with Gasteiger partial charge < -0.3 is 14.1 Å². The average Bonchev–Trinajstić information content (AvgIpc) is 3.13. The number of hydrogen-bond donors (Lipinski definition) is 1. The second-order valence-electron chi connectivity index (χ2n) is 6.23. The van der Waals surface area contributed by atoms with Crippen molar-refractivity contribution >= 4 is 22.5 Å². The molecule has 0 aliphatic heterocycles. The van der Waals surface area contributed by atoms with Crippen LogP contribution in [-0.4, -0.2) is 25.0 Å². The van der Waals surface area contributed by atoms with Crippen molar-refractivity contribution in [3.05, 3.63) is 70.9 Å². The van der Waals surface area contributed by atoms with Crippen LogP contribution in [0.15, 0.2) is 59.7 Å². The number of rotatable bonds is 4. The summed E-state index contributed by atoms with van der Waals surface area (Å²) >= 11 is 0. The van der Waals surface area contributed by atoms with Gasteiger partial charge in [-0.15, -0.1) is 0 Å². The van der Waals surface area contributed by atoms with Crippen LogP contribution in [-0.2, 0) is 18.3 Å². The van der Waals surface area contributed by atoms with Crippen molar-refractivity contribution in [1.29, 1.82) is 0 Å². The van der Waals surface area contributed by atoms with Gasteiger partial charge in [0.15, 0.2) is 0 Å². The van der Waals surface area contributed by atoms with E-state index in [0.717, 1.165) is 22.2 Å². The first-order valence-electron chi connectivity index (χ1n) is 8.32. The van der Waals surface area contributed by atoms with Gasteiger partial charge in [-0.25, -0.2) is 4.98 Å². The van der Waals surface area contributed by atoms with Crippen LogP contribution in [0.5, 0.6) is 0 Å². The van der Waals surface area contributed by atoms with Crippen LogP contribution in [0.4, 0.5) is 0 Å². The second-order valence-corrected chi connectivity index (χ2v) is 6.23. The lowest BCUT2D eigenvalue weighted by molar-refractivity contribution is -0.136. The van der Waals surface area contributed by atoms with Crippen LogP contribution in [0.25, 0.3) is 27.7 Å². The Morgan fingerprint density at radius 3 is 2.77 bits per heavy atom. The smallest absolute Gasteiger partial charge is 0.303 e. The molecule has 26 heavy (non-hydrogen) atoms. The summed E-state index contributed by atoms with van der Waals surface area (Å²) in [6.07, 6.45) is 3.90. The Hall–Kier alpha value is -3.41. The number of aromatic nitrogens is 3. The van der Waals surface area contributed by atoms with Gasteiger partial charge in [-0.2, -0.15) is 0 Å². The maximum atomic E-state index is 12.9. The third-order valence-corrected chi connectivity index (χ3v) is 4.65. The second kappa shape index (κ2) is 6.15. The van der Waals surface area contributed by atoms with Crippen molar-refractivity contribution in [2.45, 2.75) is 12.8 Å². The van der Waals surface area contributed by atoms with Gasteiger partial charge in [0.1, 0.15) is 5.65 Å². The van der Waals surface area contributed by atoms with E-state index in [1.807, 2.05) is 46.9 Å². The highest BCUT2D eigenvalue weighted by molar-refractivity contribution is 5.87. The maximum Gasteiger partial charge on any atom is 0.303 e. The van der Waals surface area contributed by atoms with E-state index >= 15 is 0 Å². The SMILES string of the molecule is Cn1c(=O)c(-c2ccc(CCC(=O)O)n3ccnc23)cc2ccccc21. The molecule has 6 nitrogen and oxygen atoms in total. The van der Waals surface area contributed by atoms with Gasteiger partial charge in [0.25, 0.3) is 5.56 Å². The molecule has 0 bridgehead atoms. The number of para-hydroxylation sites is 1. The zero-order valence-electron chi connectivity index (χ0n) is 14.2. The summed E-state index contributed by atoms with van der Waals surface area (Å²) < 4.78 is 3.50. The Morgan fingerprint density at radius 1 is 1.15 bits per heavy atom. The third-order valence-electron chi connectivity index (χ3n) is 4.65. The summed E-state index contributed by atoms with van der Waals surface area (Å²) in [6, 6.07) is 13.3. The Kier molecular flexibility index (Phi) is 3.80. The third kappa shape index (κ3) is 2.56. The molecule has 3 heterocycles. The number of pyridine rings is 2. The predicted octanol–water partition coefficient (Wildman–Crippen LogP) is 2.87. The normalized spacial score (nSPS) is 11.3. The Labute approximate surface area is 149 Å². The van der Waals surface area contributed by atoms with E-state index in [1.54, 1.807) is 24.0 Å². The first-order chi connectivity index (χ1) is 12.6. The van der Waals surface area contributed by atoms with Crippen LogP contribution in [0.1, 0.15) is 12.1 Å². The number of aliphatic carboxylic acids is 1. The number of hydrogen-bond acceptors (Lipinski definition) is 3. The van der Waals surface area contributed by atoms with E-state index in [4.69, 9.17) is 5.11 Å². The number of fused-ring (bicyclic) bond motifs is 2. The van der Waals surface area contributed by atoms with E-state index in [0.29, 0.717) is 17.6 Å². The van der Waals surface area contributed by atoms with Gasteiger partial charge in [-0.3, -0.25) is 9.59 Å². The molecule has 0 fully saturated rings. The fraction of sp³-hybridized carbons (Fsp3) is 0.150. The molecule has 0 aliphatic carbocycles. The van der Waals surface area contributed by atoms with E-state index in [1.165, 1.54) is 0 Å². The standard InChI is InChI=1S/C20H17N3O3/c1-22-17-5-3-2-4-13(17)12-16(20(22)26)15-8-6-14(7-9-18(24)25)23-11-10-21-19(15)23/h2-6,8,10-12H,7,9H2,1H3,(H,24,25). The summed E-state index contributed by atoms with van der Waals surface area (Å²) in [5.41, 5.74) is 3.60. The van der Waals surface area contributed by atoms with Crippen LogP contribution in [0.3, 0.4) is 0 Å². The summed E-state index contributed by atoms with van der Waals surface area (Å²) in [7, 11) is 1.76. The van der Waals surface area contributed by atoms with Crippen LogP contribution in [0.2, 0.25) is 0 Å². The summed E-state index contributed by atoms with van der Waals surface area (Å²) in [6.45, 7) is 0. The lowest BCUT2D eigenvalue weighted by atomic mass is 10.0. The van der Waals surface area contributed by atoms with Crippen molar-refractivity contribution in [2.24, 2.45) is 7.05 Å². The number of carbonyl (C=O) groups is 1. The maximum absolute atomic E-state index is 12.9. The van der Waals surface area contributed by atoms with Crippen molar-refractivity contribution in [3.8, 4) is 11.1 Å². The fourth-order valence-electron chi connectivity index (χ4n) is 3.33. The molecule has 1 aromatic carbocycles. The number of carboxylic acid groups (broad SMARTS) is 1. The largest absolute Gasteiger partial charge is 0.481 e. The Balaban J connectivity index is 1.93. The molecule has 0 spiro atoms. The molecule has 0 radical (unpaired) electrons. The van der Waals surface area contributed by atoms with E-state index in [-0.39, 0.29) is 12.0 Å². The zero-order valence-corrected chi connectivity index (χ0v) is 14.2. The van der Waals surface area contributed by atoms with Crippen molar-refractivity contribution in [1.82, 2.24) is 14.0 Å². The molecule has 4 aromatic rings. The number of imidazole rings is 1. The average molecular weight is 347 g/mol. The summed E-state index contributed by atoms with van der Waals surface area (Å²) in [5.74, 6) is -0.842. The number of aryl methyl sites for hydroxylation is 2. The number of nitrogens with zero attached hydrogens (tertiary/aromatic N) is 3. The van der Waals surface area contributed by atoms with Crippen LogP contribution in [0, 0.1) is 0 Å². The molecule has 130 valence electrons. The molecule has 1 N–H and O–H groups in total. The van der Waals surface area contributed by atoms with Crippen molar-refractivity contribution in [3.63, 3.8) is 0 Å². The highest BCUT2D eigenvalue weighted by atomic mass is 16.4. The first kappa shape index (κ1) is 16.1. The molecule has 6 heteroatoms. The van der Waals surface area contributed by atoms with E-state index < -0.39 is 5.97 Å². The predicted molar refractivity (Wildman–Crippen MR) is 99.3 cm³/mol. The number of benzene rings is 1. The van der Waals surface area contributed by atoms with Gasteiger partial charge >= 0.3 is 5.97 Å². The summed E-state index contributed by atoms with van der Waals surface area (Å²) in [5, 5.41) is 9.90. The minimum absolute atomic E-state index is 0.0460. The van der Waals surface area contributed by atoms with Crippen LogP contribution >= 0.6 is 0 Å². The lowest BCUT2D eigenvalue weighted by Gasteiger charge is -2.11. The van der Waals surface area contributed by atoms with Gasteiger partial charge in [0.05, 0.1) is 17.5 Å². The zero-order chi connectivity index (χ0) is 18.3. The van der Waals surface area contributed by atoms with E-state index in [2.05, 4.69) is 4.98 Å². The molecular formula is C20H17N3O3. The monoisotopic (exact) mass is 347 g/mol. The Morgan fingerprint density at radius 2 is 1.96 bits per heavy atom. The molecule has 4 rings (SSSR count). The molecule has 0 unspecified atom stereocenters. The topological polar surface area (TPSA) is 76.6 Å². The van der Waals surface area contributed by atoms with E-state index in [9.17, 15) is 9.59 Å². The summed E-state index contributed by atoms with van der Waals surface area (Å²) in [4.78, 5) is 28.2. The van der Waals surface area contributed by atoms with Gasteiger partial charge in [0.2, 0.25) is 0 Å². The molecule has 0 saturated heterocycles. The van der Waals surface area contributed by atoms with Crippen molar-refractivity contribution < 1.29 is 9.90 Å². The highest BCUT2D eigenvalue weighted by Gasteiger charge is 2.14. The number of carboxylic acids is 1. The lowest BCUT2D eigenvalue weighted by Crippen LogP contribution is -2.19. The Bertz CT molecular complexity index is 1200. The molecule has 0 aliphatic rings. The molecule has 0 saturated carbocycles. The quantitative estimate of drug-likeness (QED) is 0.616. The fourth-order valence-corrected chi connectivity index (χ4v) is 3.33. The molecular weight excluding hydrogens is 330 g/mol.